The van der Waals surface area contributed by atoms with E-state index >= 15 is 0 Å². The fourth-order valence-corrected chi connectivity index (χ4v) is 0.800. The van der Waals surface area contributed by atoms with Crippen LogP contribution >= 0.6 is 34.8 Å². The molecule has 0 heterocycles. The molecule has 0 N–H and O–H groups in total. The summed E-state index contributed by atoms with van der Waals surface area (Å²) in [5.74, 6) is -0.567. The number of carbonyl (C=O) groups is 1. The number of methoxy groups -OCH3 is 1. The quantitative estimate of drug-likeness (QED) is 0.406. The Morgan fingerprint density at radius 3 is 2.00 bits per heavy atom. The SMILES string of the molecule is COC(OC(C)=O)C(Cl)(Cl)Cl. The molecule has 3 nitrogen and oxygen atoms in total. The van der Waals surface area contributed by atoms with Gasteiger partial charge in [0.05, 0.1) is 0 Å². The summed E-state index contributed by atoms with van der Waals surface area (Å²) in [7, 11) is 1.27. The molecule has 0 rings (SSSR count). The van der Waals surface area contributed by atoms with Crippen LogP contribution < -0.4 is 0 Å². The van der Waals surface area contributed by atoms with E-state index in [-0.39, 0.29) is 0 Å². The largest absolute Gasteiger partial charge is 0.431 e. The van der Waals surface area contributed by atoms with E-state index in [2.05, 4.69) is 9.47 Å². The Kier molecular flexibility index (Phi) is 4.48. The van der Waals surface area contributed by atoms with Crippen molar-refractivity contribution in [2.45, 2.75) is 17.0 Å². The molecule has 1 atom stereocenters. The third-order valence-corrected chi connectivity index (χ3v) is 1.29. The molecule has 0 aromatic carbocycles. The Hall–Kier alpha value is 0.300. The molecule has 0 aliphatic carbocycles. The van der Waals surface area contributed by atoms with Gasteiger partial charge in [-0.2, -0.15) is 0 Å². The minimum absolute atomic E-state index is 0.567. The van der Waals surface area contributed by atoms with Gasteiger partial charge in [-0.05, 0) is 0 Å². The molecule has 1 unspecified atom stereocenters. The van der Waals surface area contributed by atoms with Gasteiger partial charge in [0.25, 0.3) is 3.79 Å². The standard InChI is InChI=1S/C5H7Cl3O3/c1-3(9)11-4(10-2)5(6,7)8/h4H,1-2H3. The van der Waals surface area contributed by atoms with E-state index in [1.165, 1.54) is 14.0 Å². The summed E-state index contributed by atoms with van der Waals surface area (Å²) >= 11 is 16.1. The monoisotopic (exact) mass is 220 g/mol. The van der Waals surface area contributed by atoms with Crippen LogP contribution in [-0.4, -0.2) is 23.2 Å². The second-order valence-electron chi connectivity index (χ2n) is 1.72. The van der Waals surface area contributed by atoms with Crippen molar-refractivity contribution < 1.29 is 14.3 Å². The molecule has 6 heteroatoms. The molecule has 0 aromatic rings. The predicted molar refractivity (Wildman–Crippen MR) is 42.9 cm³/mol. The Labute approximate surface area is 79.5 Å². The lowest BCUT2D eigenvalue weighted by molar-refractivity contribution is -0.169. The summed E-state index contributed by atoms with van der Waals surface area (Å²) in [4.78, 5) is 10.4. The van der Waals surface area contributed by atoms with Gasteiger partial charge in [-0.25, -0.2) is 0 Å². The van der Waals surface area contributed by atoms with Crippen LogP contribution in [0.25, 0.3) is 0 Å². The van der Waals surface area contributed by atoms with Crippen LogP contribution in [0.4, 0.5) is 0 Å². The van der Waals surface area contributed by atoms with Crippen LogP contribution in [0.15, 0.2) is 0 Å². The van der Waals surface area contributed by atoms with Crippen molar-refractivity contribution in [1.82, 2.24) is 0 Å². The number of hydrogen-bond acceptors (Lipinski definition) is 3. The average molecular weight is 221 g/mol. The van der Waals surface area contributed by atoms with Gasteiger partial charge in [0.2, 0.25) is 6.29 Å². The summed E-state index contributed by atoms with van der Waals surface area (Å²) in [6.07, 6.45) is -1.16. The number of alkyl halides is 3. The van der Waals surface area contributed by atoms with E-state index in [0.29, 0.717) is 0 Å². The summed E-state index contributed by atoms with van der Waals surface area (Å²) in [5.41, 5.74) is 0. The van der Waals surface area contributed by atoms with Gasteiger partial charge in [0.1, 0.15) is 0 Å². The van der Waals surface area contributed by atoms with E-state index in [0.717, 1.165) is 0 Å². The Morgan fingerprint density at radius 2 is 1.91 bits per heavy atom. The second-order valence-corrected chi connectivity index (χ2v) is 4.09. The normalized spacial score (nSPS) is 14.3. The van der Waals surface area contributed by atoms with Crippen LogP contribution in [0.1, 0.15) is 6.92 Å². The minimum Gasteiger partial charge on any atom is -0.431 e. The van der Waals surface area contributed by atoms with Gasteiger partial charge in [0.15, 0.2) is 0 Å². The Bertz CT molecular complexity index is 142. The maximum Gasteiger partial charge on any atom is 0.305 e. The third kappa shape index (κ3) is 4.69. The molecule has 0 saturated carbocycles. The average Bonchev–Trinajstić information content (AvgIpc) is 1.79. The summed E-state index contributed by atoms with van der Waals surface area (Å²) in [6, 6.07) is 0. The molecule has 0 radical (unpaired) electrons. The first-order valence-electron chi connectivity index (χ1n) is 2.64. The van der Waals surface area contributed by atoms with Gasteiger partial charge in [-0.3, -0.25) is 4.79 Å². The van der Waals surface area contributed by atoms with Gasteiger partial charge < -0.3 is 9.47 Å². The smallest absolute Gasteiger partial charge is 0.305 e. The third-order valence-electron chi connectivity index (χ3n) is 0.754. The fraction of sp³-hybridized carbons (Fsp3) is 0.800. The van der Waals surface area contributed by atoms with Crippen LogP contribution in [-0.2, 0) is 14.3 Å². The molecule has 0 bridgehead atoms. The lowest BCUT2D eigenvalue weighted by Crippen LogP contribution is -2.32. The summed E-state index contributed by atoms with van der Waals surface area (Å²) in [6.45, 7) is 1.20. The van der Waals surface area contributed by atoms with E-state index in [9.17, 15) is 4.79 Å². The summed E-state index contributed by atoms with van der Waals surface area (Å²) in [5, 5.41) is 0. The highest BCUT2D eigenvalue weighted by Gasteiger charge is 2.35. The Morgan fingerprint density at radius 1 is 1.45 bits per heavy atom. The van der Waals surface area contributed by atoms with Gasteiger partial charge in [-0.1, -0.05) is 34.8 Å². The first-order chi connectivity index (χ1) is 4.88. The molecule has 0 aliphatic rings. The number of halogens is 3. The molecule has 0 aliphatic heterocycles. The molecule has 66 valence electrons. The summed E-state index contributed by atoms with van der Waals surface area (Å²) < 4.78 is 7.34. The van der Waals surface area contributed by atoms with E-state index in [4.69, 9.17) is 34.8 Å². The van der Waals surface area contributed by atoms with Crippen LogP contribution in [0.5, 0.6) is 0 Å². The molecule has 0 spiro atoms. The zero-order chi connectivity index (χ0) is 9.07. The van der Waals surface area contributed by atoms with Gasteiger partial charge in [0, 0.05) is 14.0 Å². The number of esters is 1. The molecule has 0 amide bonds. The molecule has 11 heavy (non-hydrogen) atoms. The lowest BCUT2D eigenvalue weighted by atomic mass is 10.7. The maximum atomic E-state index is 10.4. The van der Waals surface area contributed by atoms with Crippen LogP contribution in [0.3, 0.4) is 0 Å². The van der Waals surface area contributed by atoms with Crippen molar-refractivity contribution in [3.05, 3.63) is 0 Å². The number of rotatable bonds is 2. The number of ether oxygens (including phenoxy) is 2. The lowest BCUT2D eigenvalue weighted by Gasteiger charge is -2.21. The van der Waals surface area contributed by atoms with Gasteiger partial charge >= 0.3 is 5.97 Å². The predicted octanol–water partition coefficient (Wildman–Crippen LogP) is 1.89. The topological polar surface area (TPSA) is 35.5 Å². The van der Waals surface area contributed by atoms with E-state index in [1.54, 1.807) is 0 Å². The fourth-order valence-electron chi connectivity index (χ4n) is 0.399. The molecule has 0 fully saturated rings. The Balaban J connectivity index is 4.07. The van der Waals surface area contributed by atoms with Gasteiger partial charge in [-0.15, -0.1) is 0 Å². The zero-order valence-electron chi connectivity index (χ0n) is 5.94. The van der Waals surface area contributed by atoms with E-state index < -0.39 is 16.1 Å². The highest BCUT2D eigenvalue weighted by molar-refractivity contribution is 6.68. The van der Waals surface area contributed by atoms with Crippen molar-refractivity contribution >= 4 is 40.8 Å². The molecular formula is C5H7Cl3O3. The first kappa shape index (κ1) is 11.3. The number of carbonyl (C=O) groups excluding carboxylic acids is 1. The van der Waals surface area contributed by atoms with Crippen molar-refractivity contribution in [3.8, 4) is 0 Å². The molecule has 0 saturated heterocycles. The number of hydrogen-bond donors (Lipinski definition) is 0. The second kappa shape index (κ2) is 4.36. The highest BCUT2D eigenvalue weighted by Crippen LogP contribution is 2.32. The maximum absolute atomic E-state index is 10.4. The highest BCUT2D eigenvalue weighted by atomic mass is 35.6. The zero-order valence-corrected chi connectivity index (χ0v) is 8.20. The van der Waals surface area contributed by atoms with Crippen molar-refractivity contribution in [2.75, 3.05) is 7.11 Å². The van der Waals surface area contributed by atoms with Crippen LogP contribution in [0, 0.1) is 0 Å². The molecular weight excluding hydrogens is 214 g/mol. The molecule has 0 aromatic heterocycles. The van der Waals surface area contributed by atoms with Crippen molar-refractivity contribution in [1.29, 1.82) is 0 Å². The van der Waals surface area contributed by atoms with Crippen molar-refractivity contribution in [2.24, 2.45) is 0 Å². The minimum atomic E-state index is -1.75. The van der Waals surface area contributed by atoms with Crippen molar-refractivity contribution in [3.63, 3.8) is 0 Å². The van der Waals surface area contributed by atoms with E-state index in [1.807, 2.05) is 0 Å². The van der Waals surface area contributed by atoms with Crippen LogP contribution in [0.2, 0.25) is 0 Å². The first-order valence-corrected chi connectivity index (χ1v) is 3.78.